The van der Waals surface area contributed by atoms with Crippen LogP contribution in [0.5, 0.6) is 0 Å². The Morgan fingerprint density at radius 1 is 1.37 bits per heavy atom. The van der Waals surface area contributed by atoms with Gasteiger partial charge in [-0.25, -0.2) is 14.8 Å². The smallest absolute Gasteiger partial charge is 0.356 e. The van der Waals surface area contributed by atoms with Crippen LogP contribution in [0.25, 0.3) is 0 Å². The number of aromatic nitrogens is 2. The minimum atomic E-state index is -1.11. The second-order valence-electron chi connectivity index (χ2n) is 4.74. The summed E-state index contributed by atoms with van der Waals surface area (Å²) in [7, 11) is 0. The van der Waals surface area contributed by atoms with Gasteiger partial charge in [0.1, 0.15) is 5.82 Å². The van der Waals surface area contributed by atoms with Gasteiger partial charge in [-0.3, -0.25) is 4.79 Å². The molecule has 0 spiro atoms. The fourth-order valence-electron chi connectivity index (χ4n) is 2.24. The maximum atomic E-state index is 11.3. The van der Waals surface area contributed by atoms with Gasteiger partial charge in [0.2, 0.25) is 5.91 Å². The molecule has 1 fully saturated rings. The molecule has 3 N–H and O–H groups in total. The van der Waals surface area contributed by atoms with E-state index in [9.17, 15) is 9.59 Å². The van der Waals surface area contributed by atoms with Crippen molar-refractivity contribution in [3.8, 4) is 0 Å². The molecule has 0 bridgehead atoms. The second kappa shape index (κ2) is 5.21. The number of hydrogen-bond acceptors (Lipinski definition) is 5. The summed E-state index contributed by atoms with van der Waals surface area (Å²) in [4.78, 5) is 31.9. The average Bonchev–Trinajstić information content (AvgIpc) is 2.39. The highest BCUT2D eigenvalue weighted by atomic mass is 16.4. The van der Waals surface area contributed by atoms with Gasteiger partial charge in [0.05, 0.1) is 18.3 Å². The predicted molar refractivity (Wildman–Crippen MR) is 67.7 cm³/mol. The number of carboxylic acids is 1. The number of carbonyl (C=O) groups is 2. The van der Waals surface area contributed by atoms with Gasteiger partial charge < -0.3 is 15.7 Å². The van der Waals surface area contributed by atoms with Crippen LogP contribution in [0.3, 0.4) is 0 Å². The Kier molecular flexibility index (Phi) is 3.64. The third kappa shape index (κ3) is 2.81. The summed E-state index contributed by atoms with van der Waals surface area (Å²) in [5, 5.41) is 8.78. The molecule has 19 heavy (non-hydrogen) atoms. The van der Waals surface area contributed by atoms with E-state index >= 15 is 0 Å². The van der Waals surface area contributed by atoms with Crippen molar-refractivity contribution in [3.05, 3.63) is 18.1 Å². The number of aromatic carboxylic acids is 1. The van der Waals surface area contributed by atoms with Crippen molar-refractivity contribution in [3.63, 3.8) is 0 Å². The van der Waals surface area contributed by atoms with E-state index < -0.39 is 5.97 Å². The van der Waals surface area contributed by atoms with Crippen molar-refractivity contribution in [2.24, 2.45) is 11.7 Å². The molecule has 2 heterocycles. The molecule has 2 atom stereocenters. The Morgan fingerprint density at radius 3 is 2.63 bits per heavy atom. The van der Waals surface area contributed by atoms with Crippen molar-refractivity contribution in [2.75, 3.05) is 11.4 Å². The van der Waals surface area contributed by atoms with Gasteiger partial charge in [-0.05, 0) is 19.8 Å². The first-order valence-corrected chi connectivity index (χ1v) is 6.10. The molecular weight excluding hydrogens is 248 g/mol. The zero-order valence-electron chi connectivity index (χ0n) is 10.6. The van der Waals surface area contributed by atoms with Crippen LogP contribution in [-0.4, -0.2) is 39.5 Å². The Morgan fingerprint density at radius 2 is 2.11 bits per heavy atom. The maximum Gasteiger partial charge on any atom is 0.356 e. The van der Waals surface area contributed by atoms with E-state index in [1.165, 1.54) is 12.4 Å². The standard InChI is InChI=1S/C12H16N4O3/c1-7-2-3-8(11(13)17)6-16(7)10-5-14-9(4-15-10)12(18)19/h4-5,7-8H,2-3,6H2,1H3,(H2,13,17)(H,18,19). The molecule has 0 aromatic carbocycles. The lowest BCUT2D eigenvalue weighted by atomic mass is 9.93. The fourth-order valence-corrected chi connectivity index (χ4v) is 2.24. The van der Waals surface area contributed by atoms with Crippen molar-refractivity contribution < 1.29 is 14.7 Å². The molecule has 7 heteroatoms. The summed E-state index contributed by atoms with van der Waals surface area (Å²) < 4.78 is 0. The molecule has 0 saturated carbocycles. The average molecular weight is 264 g/mol. The molecule has 1 aromatic rings. The van der Waals surface area contributed by atoms with Crippen molar-refractivity contribution in [1.29, 1.82) is 0 Å². The summed E-state index contributed by atoms with van der Waals surface area (Å²) in [6.07, 6.45) is 4.26. The topological polar surface area (TPSA) is 109 Å². The lowest BCUT2D eigenvalue weighted by Gasteiger charge is -2.37. The molecule has 2 unspecified atom stereocenters. The van der Waals surface area contributed by atoms with E-state index in [4.69, 9.17) is 10.8 Å². The summed E-state index contributed by atoms with van der Waals surface area (Å²) in [5.41, 5.74) is 5.24. The third-order valence-electron chi connectivity index (χ3n) is 3.44. The molecule has 1 aromatic heterocycles. The molecule has 102 valence electrons. The van der Waals surface area contributed by atoms with Crippen LogP contribution < -0.4 is 10.6 Å². The number of amides is 1. The van der Waals surface area contributed by atoms with Crippen LogP contribution in [-0.2, 0) is 4.79 Å². The van der Waals surface area contributed by atoms with Gasteiger partial charge in [0.25, 0.3) is 0 Å². The highest BCUT2D eigenvalue weighted by Gasteiger charge is 2.29. The molecule has 7 nitrogen and oxygen atoms in total. The third-order valence-corrected chi connectivity index (χ3v) is 3.44. The van der Waals surface area contributed by atoms with Crippen molar-refractivity contribution >= 4 is 17.7 Å². The van der Waals surface area contributed by atoms with E-state index in [2.05, 4.69) is 9.97 Å². The maximum absolute atomic E-state index is 11.3. The van der Waals surface area contributed by atoms with E-state index in [0.717, 1.165) is 12.8 Å². The number of nitrogens with zero attached hydrogens (tertiary/aromatic N) is 3. The molecule has 1 amide bonds. The van der Waals surface area contributed by atoms with Gasteiger partial charge in [-0.1, -0.05) is 0 Å². The number of rotatable bonds is 3. The lowest BCUT2D eigenvalue weighted by Crippen LogP contribution is -2.46. The van der Waals surface area contributed by atoms with E-state index in [0.29, 0.717) is 12.4 Å². The summed E-state index contributed by atoms with van der Waals surface area (Å²) >= 11 is 0. The normalized spacial score (nSPS) is 23.1. The number of carbonyl (C=O) groups excluding carboxylic acids is 1. The van der Waals surface area contributed by atoms with Gasteiger partial charge >= 0.3 is 5.97 Å². The zero-order valence-corrected chi connectivity index (χ0v) is 10.6. The minimum Gasteiger partial charge on any atom is -0.476 e. The number of carboxylic acid groups (broad SMARTS) is 1. The second-order valence-corrected chi connectivity index (χ2v) is 4.74. The molecule has 2 rings (SSSR count). The van der Waals surface area contributed by atoms with E-state index in [-0.39, 0.29) is 23.6 Å². The predicted octanol–water partition coefficient (Wildman–Crippen LogP) is 0.265. The summed E-state index contributed by atoms with van der Waals surface area (Å²) in [6.45, 7) is 2.53. The monoisotopic (exact) mass is 264 g/mol. The number of anilines is 1. The molecule has 1 saturated heterocycles. The Balaban J connectivity index is 2.18. The molecule has 1 aliphatic rings. The minimum absolute atomic E-state index is 0.0973. The number of primary amides is 1. The SMILES string of the molecule is CC1CCC(C(N)=O)CN1c1cnc(C(=O)O)cn1. The highest BCUT2D eigenvalue weighted by molar-refractivity contribution is 5.85. The Hall–Kier alpha value is -2.18. The first kappa shape index (κ1) is 13.3. The number of nitrogens with two attached hydrogens (primary N) is 1. The Bertz CT molecular complexity index is 488. The Labute approximate surface area is 110 Å². The van der Waals surface area contributed by atoms with Crippen molar-refractivity contribution in [2.45, 2.75) is 25.8 Å². The van der Waals surface area contributed by atoms with Crippen LogP contribution in [0.15, 0.2) is 12.4 Å². The van der Waals surface area contributed by atoms with Crippen LogP contribution in [0.2, 0.25) is 0 Å². The van der Waals surface area contributed by atoms with E-state index in [1.54, 1.807) is 0 Å². The van der Waals surface area contributed by atoms with Gasteiger partial charge in [0.15, 0.2) is 5.69 Å². The first-order valence-electron chi connectivity index (χ1n) is 6.10. The van der Waals surface area contributed by atoms with Crippen LogP contribution in [0, 0.1) is 5.92 Å². The van der Waals surface area contributed by atoms with Gasteiger partial charge in [-0.15, -0.1) is 0 Å². The molecule has 0 radical (unpaired) electrons. The zero-order chi connectivity index (χ0) is 14.0. The van der Waals surface area contributed by atoms with Gasteiger partial charge in [-0.2, -0.15) is 0 Å². The highest BCUT2D eigenvalue weighted by Crippen LogP contribution is 2.25. The molecular formula is C12H16N4O3. The largest absolute Gasteiger partial charge is 0.476 e. The fraction of sp³-hybridized carbons (Fsp3) is 0.500. The summed E-state index contributed by atoms with van der Waals surface area (Å²) in [6, 6.07) is 0.223. The number of hydrogen-bond donors (Lipinski definition) is 2. The van der Waals surface area contributed by atoms with Crippen molar-refractivity contribution in [1.82, 2.24) is 9.97 Å². The molecule has 1 aliphatic heterocycles. The van der Waals surface area contributed by atoms with Crippen LogP contribution in [0.1, 0.15) is 30.3 Å². The summed E-state index contributed by atoms with van der Waals surface area (Å²) in [5.74, 6) is -1.05. The van der Waals surface area contributed by atoms with Crippen LogP contribution in [0.4, 0.5) is 5.82 Å². The lowest BCUT2D eigenvalue weighted by molar-refractivity contribution is -0.122. The van der Waals surface area contributed by atoms with E-state index in [1.807, 2.05) is 11.8 Å². The first-order chi connectivity index (χ1) is 8.99. The molecule has 0 aliphatic carbocycles. The number of piperidine rings is 1. The quantitative estimate of drug-likeness (QED) is 0.810. The van der Waals surface area contributed by atoms with Crippen LogP contribution >= 0.6 is 0 Å². The van der Waals surface area contributed by atoms with Gasteiger partial charge in [0, 0.05) is 12.6 Å².